The van der Waals surface area contributed by atoms with Crippen LogP contribution in [-0.4, -0.2) is 180 Å². The Morgan fingerprint density at radius 3 is 1.75 bits per heavy atom. The number of rotatable bonds is 10. The number of hydrogen-bond acceptors (Lipinski definition) is 17. The van der Waals surface area contributed by atoms with E-state index in [1.54, 1.807) is 0 Å². The minimum absolute atomic E-state index is 0.00952. The standard InChI is InChI=1S/C38H60O18/c1-16-11-37-9-5-20-35(2,7-4-8-36(20,3)34(49)50)21(37)6-10-38(16,15-37)56-33-30(55-32-28(48)26(46)23(43)18(13-40)52-32)29(24(44)19(14-41)53-33)54-31-27(47)25(45)22(42)17(12-39)51-31/h11,17-33,39-48H,4-10,12-15H2,1-3H3,(H,49,50)/t17-,18-,19-,20-,21-,22-,23-,24-,25+,26+,27-,28-,29+,30-,31?,32?,33+,35+,36-,37+,38-/m1/s1. The summed E-state index contributed by atoms with van der Waals surface area (Å²) in [4.78, 5) is 12.7. The summed E-state index contributed by atoms with van der Waals surface area (Å²) in [5, 5.41) is 116. The predicted molar refractivity (Wildman–Crippen MR) is 187 cm³/mol. The molecule has 2 unspecified atom stereocenters. The van der Waals surface area contributed by atoms with Crippen molar-refractivity contribution in [2.75, 3.05) is 19.8 Å². The van der Waals surface area contributed by atoms with Crippen LogP contribution in [0.3, 0.4) is 0 Å². The van der Waals surface area contributed by atoms with Crippen molar-refractivity contribution in [2.45, 2.75) is 170 Å². The predicted octanol–water partition coefficient (Wildman–Crippen LogP) is -2.37. The van der Waals surface area contributed by atoms with Gasteiger partial charge in [0.05, 0.1) is 30.8 Å². The highest BCUT2D eigenvalue weighted by Crippen LogP contribution is 2.72. The molecule has 3 saturated heterocycles. The zero-order chi connectivity index (χ0) is 40.7. The van der Waals surface area contributed by atoms with Crippen LogP contribution in [0.5, 0.6) is 0 Å². The fraction of sp³-hybridized carbons (Fsp3) is 0.921. The van der Waals surface area contributed by atoms with Gasteiger partial charge in [0.1, 0.15) is 73.2 Å². The Bertz CT molecular complexity index is 1460. The summed E-state index contributed by atoms with van der Waals surface area (Å²) >= 11 is 0. The molecule has 21 atom stereocenters. The SMILES string of the molecule is CC1=C[C@]23CC[C@@H]4[C@](C)(CCC[C@@]4(C)C(=O)O)[C@H]2CC[C@@]1(O[C@@H]1O[C@H](CO)[C@@H](O)[C@H](OC2O[C@H](CO)[C@@H](O)[C@H](O)[C@H]2O)[C@H]1OC1O[C@H](CO)[C@@H](O)[C@H](O)[C@H]1O)C3. The van der Waals surface area contributed by atoms with E-state index >= 15 is 0 Å². The summed E-state index contributed by atoms with van der Waals surface area (Å²) in [6, 6.07) is 0. The summed E-state index contributed by atoms with van der Waals surface area (Å²) in [7, 11) is 0. The molecular formula is C38H60O18. The lowest BCUT2D eigenvalue weighted by Crippen LogP contribution is -2.68. The largest absolute Gasteiger partial charge is 0.481 e. The highest BCUT2D eigenvalue weighted by molar-refractivity contribution is 5.75. The maximum Gasteiger partial charge on any atom is 0.309 e. The Morgan fingerprint density at radius 1 is 0.679 bits per heavy atom. The van der Waals surface area contributed by atoms with Crippen molar-refractivity contribution >= 4 is 5.97 Å². The second kappa shape index (κ2) is 15.6. The van der Waals surface area contributed by atoms with E-state index in [0.29, 0.717) is 32.1 Å². The van der Waals surface area contributed by atoms with Crippen molar-refractivity contribution < 1.29 is 89.4 Å². The molecule has 18 nitrogen and oxygen atoms in total. The maximum atomic E-state index is 12.7. The first-order valence-corrected chi connectivity index (χ1v) is 19.9. The number of ether oxygens (including phenoxy) is 6. The Morgan fingerprint density at radius 2 is 1.20 bits per heavy atom. The van der Waals surface area contributed by atoms with Crippen LogP contribution in [-0.2, 0) is 33.2 Å². The summed E-state index contributed by atoms with van der Waals surface area (Å²) < 4.78 is 36.7. The molecule has 0 aromatic rings. The molecule has 7 rings (SSSR count). The number of carboxylic acids is 1. The molecule has 1 spiro atoms. The van der Waals surface area contributed by atoms with Gasteiger partial charge in [0, 0.05) is 0 Å². The first kappa shape index (κ1) is 42.7. The van der Waals surface area contributed by atoms with Crippen LogP contribution in [0.2, 0.25) is 0 Å². The van der Waals surface area contributed by atoms with Gasteiger partial charge < -0.3 is 84.6 Å². The fourth-order valence-electron chi connectivity index (χ4n) is 11.9. The summed E-state index contributed by atoms with van der Waals surface area (Å²) in [6.45, 7) is 3.77. The van der Waals surface area contributed by atoms with Crippen molar-refractivity contribution in [3.8, 4) is 0 Å². The molecule has 56 heavy (non-hydrogen) atoms. The average Bonchev–Trinajstić information content (AvgIpc) is 3.36. The number of carbonyl (C=O) groups is 1. The number of carboxylic acid groups (broad SMARTS) is 1. The molecule has 3 heterocycles. The van der Waals surface area contributed by atoms with Gasteiger partial charge in [0.15, 0.2) is 18.9 Å². The van der Waals surface area contributed by atoms with Crippen molar-refractivity contribution in [3.63, 3.8) is 0 Å². The molecule has 0 amide bonds. The van der Waals surface area contributed by atoms with Gasteiger partial charge in [-0.1, -0.05) is 19.4 Å². The van der Waals surface area contributed by atoms with E-state index in [2.05, 4.69) is 13.0 Å². The minimum Gasteiger partial charge on any atom is -0.481 e. The Hall–Kier alpha value is -1.43. The van der Waals surface area contributed by atoms with Crippen molar-refractivity contribution in [1.82, 2.24) is 0 Å². The van der Waals surface area contributed by atoms with Gasteiger partial charge in [0.2, 0.25) is 0 Å². The molecule has 3 saturated carbocycles. The van der Waals surface area contributed by atoms with E-state index in [0.717, 1.165) is 24.8 Å². The average molecular weight is 805 g/mol. The topological polar surface area (TPSA) is 295 Å². The first-order chi connectivity index (χ1) is 26.4. The van der Waals surface area contributed by atoms with Crippen LogP contribution in [0.15, 0.2) is 11.6 Å². The van der Waals surface area contributed by atoms with Gasteiger partial charge >= 0.3 is 5.97 Å². The van der Waals surface area contributed by atoms with Crippen LogP contribution in [0.1, 0.15) is 72.1 Å². The van der Waals surface area contributed by atoms with Gasteiger partial charge in [-0.3, -0.25) is 4.79 Å². The van der Waals surface area contributed by atoms with Crippen molar-refractivity contribution in [1.29, 1.82) is 0 Å². The summed E-state index contributed by atoms with van der Waals surface area (Å²) in [5.74, 6) is -0.619. The smallest absolute Gasteiger partial charge is 0.309 e. The molecule has 0 radical (unpaired) electrons. The highest BCUT2D eigenvalue weighted by atomic mass is 16.8. The first-order valence-electron chi connectivity index (χ1n) is 19.9. The molecule has 320 valence electrons. The van der Waals surface area contributed by atoms with Gasteiger partial charge in [0.25, 0.3) is 0 Å². The third-order valence-electron chi connectivity index (χ3n) is 14.9. The van der Waals surface area contributed by atoms with Crippen LogP contribution in [0, 0.1) is 28.1 Å². The second-order valence-corrected chi connectivity index (χ2v) is 17.9. The van der Waals surface area contributed by atoms with Crippen molar-refractivity contribution in [3.05, 3.63) is 11.6 Å². The molecule has 11 N–H and O–H groups in total. The zero-order valence-corrected chi connectivity index (χ0v) is 31.9. The normalized spacial score (nSPS) is 54.5. The van der Waals surface area contributed by atoms with E-state index in [-0.39, 0.29) is 22.7 Å². The molecule has 4 aliphatic carbocycles. The van der Waals surface area contributed by atoms with Crippen molar-refractivity contribution in [2.24, 2.45) is 28.1 Å². The van der Waals surface area contributed by atoms with Crippen LogP contribution in [0.25, 0.3) is 0 Å². The zero-order valence-electron chi connectivity index (χ0n) is 31.9. The Balaban J connectivity index is 1.22. The molecule has 0 aromatic carbocycles. The van der Waals surface area contributed by atoms with Crippen LogP contribution < -0.4 is 0 Å². The molecular weight excluding hydrogens is 744 g/mol. The Labute approximate surface area is 324 Å². The van der Waals surface area contributed by atoms with E-state index in [1.807, 2.05) is 13.8 Å². The molecule has 18 heteroatoms. The second-order valence-electron chi connectivity index (χ2n) is 17.9. The number of fused-ring (bicyclic) bond motifs is 3. The van der Waals surface area contributed by atoms with Crippen LogP contribution >= 0.6 is 0 Å². The number of aliphatic hydroxyl groups is 10. The third kappa shape index (κ3) is 6.69. The third-order valence-corrected chi connectivity index (χ3v) is 14.9. The van der Waals surface area contributed by atoms with E-state index in [9.17, 15) is 61.0 Å². The summed E-state index contributed by atoms with van der Waals surface area (Å²) in [5.41, 5.74) is -1.51. The number of aliphatic carboxylic acids is 1. The number of aliphatic hydroxyl groups excluding tert-OH is 10. The Kier molecular flexibility index (Phi) is 11.9. The van der Waals surface area contributed by atoms with Gasteiger partial charge in [-0.2, -0.15) is 0 Å². The van der Waals surface area contributed by atoms with E-state index in [1.165, 1.54) is 0 Å². The monoisotopic (exact) mass is 804 g/mol. The minimum atomic E-state index is -1.91. The van der Waals surface area contributed by atoms with Gasteiger partial charge in [-0.25, -0.2) is 0 Å². The van der Waals surface area contributed by atoms with E-state index in [4.69, 9.17) is 28.4 Å². The lowest BCUT2D eigenvalue weighted by molar-refractivity contribution is -0.400. The molecule has 2 bridgehead atoms. The van der Waals surface area contributed by atoms with Gasteiger partial charge in [-0.05, 0) is 87.0 Å². The lowest BCUT2D eigenvalue weighted by Gasteiger charge is -2.64. The number of hydrogen-bond donors (Lipinski definition) is 11. The molecule has 0 aromatic heterocycles. The fourth-order valence-corrected chi connectivity index (χ4v) is 11.9. The lowest BCUT2D eigenvalue weighted by atomic mass is 9.40. The molecule has 7 aliphatic rings. The van der Waals surface area contributed by atoms with Crippen LogP contribution in [0.4, 0.5) is 0 Å². The maximum absolute atomic E-state index is 12.7. The van der Waals surface area contributed by atoms with Gasteiger partial charge in [-0.15, -0.1) is 0 Å². The molecule has 3 aliphatic heterocycles. The quantitative estimate of drug-likeness (QED) is 0.0812. The molecule has 6 fully saturated rings. The van der Waals surface area contributed by atoms with E-state index < -0.39 is 129 Å². The number of allylic oxidation sites excluding steroid dienone is 1. The highest BCUT2D eigenvalue weighted by Gasteiger charge is 2.68. The summed E-state index contributed by atoms with van der Waals surface area (Å²) in [6.07, 6.45) is -17.5.